The van der Waals surface area contributed by atoms with Crippen molar-refractivity contribution in [3.05, 3.63) is 40.6 Å². The summed E-state index contributed by atoms with van der Waals surface area (Å²) >= 11 is 0. The highest BCUT2D eigenvalue weighted by atomic mass is 16.5. The Bertz CT molecular complexity index is 769. The van der Waals surface area contributed by atoms with Gasteiger partial charge < -0.3 is 20.1 Å². The van der Waals surface area contributed by atoms with E-state index < -0.39 is 11.9 Å². The molecule has 2 N–H and O–H groups in total. The minimum Gasteiger partial charge on any atom is -0.466 e. The molecule has 7 heteroatoms. The van der Waals surface area contributed by atoms with Gasteiger partial charge >= 0.3 is 5.97 Å². The largest absolute Gasteiger partial charge is 0.466 e. The zero-order chi connectivity index (χ0) is 18.0. The molecule has 0 bridgehead atoms. The van der Waals surface area contributed by atoms with Crippen LogP contribution in [0.2, 0.25) is 0 Å². The van der Waals surface area contributed by atoms with Gasteiger partial charge in [0.2, 0.25) is 0 Å². The first-order valence-corrected chi connectivity index (χ1v) is 8.20. The number of aryl methyl sites for hydroxylation is 1. The maximum Gasteiger partial charge on any atom is 0.337 e. The van der Waals surface area contributed by atoms with Crippen molar-refractivity contribution in [2.75, 3.05) is 32.1 Å². The zero-order valence-corrected chi connectivity index (χ0v) is 14.0. The van der Waals surface area contributed by atoms with Crippen LogP contribution in [0.3, 0.4) is 0 Å². The molecule has 0 atom stereocenters. The van der Waals surface area contributed by atoms with Gasteiger partial charge in [0.1, 0.15) is 5.70 Å². The van der Waals surface area contributed by atoms with Crippen molar-refractivity contribution in [1.29, 1.82) is 0 Å². The normalized spacial score (nSPS) is 17.0. The summed E-state index contributed by atoms with van der Waals surface area (Å²) in [6.07, 6.45) is 2.10. The van der Waals surface area contributed by atoms with Crippen LogP contribution in [0.15, 0.2) is 29.5 Å². The SMILES string of the molecule is COC(=O)C1=C(Nc2cccc3c2C(=O)CCC3)C(=O)N(CCO)C1. The molecule has 1 aromatic rings. The number of hydrogen-bond acceptors (Lipinski definition) is 6. The quantitative estimate of drug-likeness (QED) is 0.770. The molecule has 132 valence electrons. The second-order valence-corrected chi connectivity index (χ2v) is 6.04. The van der Waals surface area contributed by atoms with E-state index >= 15 is 0 Å². The van der Waals surface area contributed by atoms with E-state index in [1.807, 2.05) is 12.1 Å². The third kappa shape index (κ3) is 3.15. The topological polar surface area (TPSA) is 95.9 Å². The van der Waals surface area contributed by atoms with Gasteiger partial charge in [-0.05, 0) is 24.5 Å². The Morgan fingerprint density at radius 1 is 1.32 bits per heavy atom. The van der Waals surface area contributed by atoms with E-state index in [1.54, 1.807) is 6.07 Å². The lowest BCUT2D eigenvalue weighted by molar-refractivity contribution is -0.136. The number of aliphatic hydroxyl groups is 1. The molecular formula is C18H20N2O5. The highest BCUT2D eigenvalue weighted by Crippen LogP contribution is 2.30. The molecule has 0 radical (unpaired) electrons. The van der Waals surface area contributed by atoms with E-state index in [9.17, 15) is 14.4 Å². The van der Waals surface area contributed by atoms with Gasteiger partial charge in [-0.15, -0.1) is 0 Å². The number of aliphatic hydroxyl groups excluding tert-OH is 1. The van der Waals surface area contributed by atoms with Crippen molar-refractivity contribution < 1.29 is 24.2 Å². The van der Waals surface area contributed by atoms with Crippen LogP contribution in [-0.4, -0.2) is 54.5 Å². The molecule has 1 aliphatic heterocycles. The fraction of sp³-hybridized carbons (Fsp3) is 0.389. The number of Topliss-reactive ketones (excluding diaryl/α,β-unsaturated/α-hetero) is 1. The number of rotatable bonds is 5. The molecule has 1 aliphatic carbocycles. The third-order valence-corrected chi connectivity index (χ3v) is 4.49. The molecular weight excluding hydrogens is 324 g/mol. The summed E-state index contributed by atoms with van der Waals surface area (Å²) in [6.45, 7) is -0.0135. The maximum atomic E-state index is 12.6. The lowest BCUT2D eigenvalue weighted by atomic mass is 9.89. The molecule has 1 aromatic carbocycles. The molecule has 0 aromatic heterocycles. The molecule has 3 rings (SSSR count). The summed E-state index contributed by atoms with van der Waals surface area (Å²) < 4.78 is 4.77. The molecule has 0 saturated carbocycles. The van der Waals surface area contributed by atoms with Crippen LogP contribution in [0, 0.1) is 0 Å². The van der Waals surface area contributed by atoms with Gasteiger partial charge in [0, 0.05) is 24.2 Å². The number of esters is 1. The van der Waals surface area contributed by atoms with Gasteiger partial charge in [0.15, 0.2) is 5.78 Å². The monoisotopic (exact) mass is 344 g/mol. The van der Waals surface area contributed by atoms with Gasteiger partial charge in [-0.2, -0.15) is 0 Å². The number of amides is 1. The number of ketones is 1. The molecule has 1 heterocycles. The predicted octanol–water partition coefficient (Wildman–Crippen LogP) is 0.879. The van der Waals surface area contributed by atoms with Gasteiger partial charge in [-0.25, -0.2) is 4.79 Å². The van der Waals surface area contributed by atoms with Crippen LogP contribution in [0.4, 0.5) is 5.69 Å². The Balaban J connectivity index is 1.99. The maximum absolute atomic E-state index is 12.6. The number of hydrogen-bond donors (Lipinski definition) is 2. The molecule has 2 aliphatic rings. The number of nitrogens with zero attached hydrogens (tertiary/aromatic N) is 1. The Kier molecular flexibility index (Phi) is 4.85. The number of benzene rings is 1. The number of fused-ring (bicyclic) bond motifs is 1. The van der Waals surface area contributed by atoms with Crippen LogP contribution in [0.5, 0.6) is 0 Å². The summed E-state index contributed by atoms with van der Waals surface area (Å²) in [7, 11) is 1.25. The van der Waals surface area contributed by atoms with Crippen molar-refractivity contribution >= 4 is 23.3 Å². The smallest absolute Gasteiger partial charge is 0.337 e. The lowest BCUT2D eigenvalue weighted by Gasteiger charge is -2.20. The van der Waals surface area contributed by atoms with E-state index in [4.69, 9.17) is 9.84 Å². The molecule has 0 saturated heterocycles. The van der Waals surface area contributed by atoms with Crippen molar-refractivity contribution in [3.8, 4) is 0 Å². The number of ether oxygens (including phenoxy) is 1. The number of carbonyl (C=O) groups excluding carboxylic acids is 3. The molecule has 0 fully saturated rings. The van der Waals surface area contributed by atoms with Gasteiger partial charge in [-0.1, -0.05) is 12.1 Å². The fourth-order valence-corrected chi connectivity index (χ4v) is 3.29. The van der Waals surface area contributed by atoms with Gasteiger partial charge in [0.25, 0.3) is 5.91 Å². The van der Waals surface area contributed by atoms with Crippen LogP contribution in [-0.2, 0) is 20.7 Å². The Morgan fingerprint density at radius 3 is 2.84 bits per heavy atom. The molecule has 1 amide bonds. The average Bonchev–Trinajstić information content (AvgIpc) is 2.91. The Labute approximate surface area is 145 Å². The van der Waals surface area contributed by atoms with Crippen LogP contribution in [0.1, 0.15) is 28.8 Å². The number of methoxy groups -OCH3 is 1. The third-order valence-electron chi connectivity index (χ3n) is 4.49. The van der Waals surface area contributed by atoms with Crippen LogP contribution >= 0.6 is 0 Å². The number of nitrogens with one attached hydrogen (secondary N) is 1. The van der Waals surface area contributed by atoms with Crippen molar-refractivity contribution in [2.24, 2.45) is 0 Å². The van der Waals surface area contributed by atoms with E-state index in [-0.39, 0.29) is 36.7 Å². The molecule has 0 spiro atoms. The van der Waals surface area contributed by atoms with Gasteiger partial charge in [0.05, 0.1) is 25.8 Å². The van der Waals surface area contributed by atoms with E-state index in [1.165, 1.54) is 12.0 Å². The van der Waals surface area contributed by atoms with Crippen molar-refractivity contribution in [1.82, 2.24) is 4.90 Å². The van der Waals surface area contributed by atoms with Crippen LogP contribution < -0.4 is 5.32 Å². The minimum absolute atomic E-state index is 0.0298. The van der Waals surface area contributed by atoms with Crippen LogP contribution in [0.25, 0.3) is 0 Å². The number of β-amino-alcohol motifs (C(OH)–C–C–N with tert-alkyl or cyclic N) is 1. The summed E-state index contributed by atoms with van der Waals surface area (Å²) in [6, 6.07) is 5.46. The second-order valence-electron chi connectivity index (χ2n) is 6.04. The Hall–Kier alpha value is -2.67. The zero-order valence-electron chi connectivity index (χ0n) is 14.0. The van der Waals surface area contributed by atoms with E-state index in [0.717, 1.165) is 18.4 Å². The molecule has 0 unspecified atom stereocenters. The first kappa shape index (κ1) is 17.2. The molecule has 7 nitrogen and oxygen atoms in total. The summed E-state index contributed by atoms with van der Waals surface area (Å²) in [5, 5.41) is 12.1. The van der Waals surface area contributed by atoms with E-state index in [2.05, 4.69) is 5.32 Å². The van der Waals surface area contributed by atoms with Gasteiger partial charge in [-0.3, -0.25) is 9.59 Å². The first-order chi connectivity index (χ1) is 12.1. The summed E-state index contributed by atoms with van der Waals surface area (Å²) in [4.78, 5) is 38.3. The predicted molar refractivity (Wildman–Crippen MR) is 90.0 cm³/mol. The highest BCUT2D eigenvalue weighted by Gasteiger charge is 2.35. The summed E-state index contributed by atoms with van der Waals surface area (Å²) in [5.74, 6) is -0.968. The molecule has 25 heavy (non-hydrogen) atoms. The highest BCUT2D eigenvalue weighted by molar-refractivity contribution is 6.10. The van der Waals surface area contributed by atoms with Crippen molar-refractivity contribution in [3.63, 3.8) is 0 Å². The summed E-state index contributed by atoms with van der Waals surface area (Å²) in [5.41, 5.74) is 2.35. The first-order valence-electron chi connectivity index (χ1n) is 8.20. The number of carbonyl (C=O) groups is 3. The second kappa shape index (κ2) is 7.06. The lowest BCUT2D eigenvalue weighted by Crippen LogP contribution is -2.31. The standard InChI is InChI=1S/C18H20N2O5/c1-25-18(24)12-10-20(8-9-21)17(23)16(12)19-13-6-2-4-11-5-3-7-14(22)15(11)13/h2,4,6,19,21H,3,5,7-10H2,1H3. The fourth-order valence-electron chi connectivity index (χ4n) is 3.29. The number of anilines is 1. The minimum atomic E-state index is -0.604. The van der Waals surface area contributed by atoms with E-state index in [0.29, 0.717) is 17.7 Å². The average molecular weight is 344 g/mol. The Morgan fingerprint density at radius 2 is 2.12 bits per heavy atom. The van der Waals surface area contributed by atoms with Crippen molar-refractivity contribution in [2.45, 2.75) is 19.3 Å².